The van der Waals surface area contributed by atoms with Crippen LogP contribution in [-0.4, -0.2) is 14.5 Å². The molecule has 82 valence electrons. The molecule has 0 fully saturated rings. The molecule has 0 saturated carbocycles. The van der Waals surface area contributed by atoms with Crippen LogP contribution in [0, 0.1) is 0 Å². The van der Waals surface area contributed by atoms with Gasteiger partial charge in [-0.25, -0.2) is 4.21 Å². The van der Waals surface area contributed by atoms with Crippen LogP contribution in [0.5, 0.6) is 0 Å². The van der Waals surface area contributed by atoms with Crippen LogP contribution < -0.4 is 0 Å². The monoisotopic (exact) mass is 224 g/mol. The fourth-order valence-electron chi connectivity index (χ4n) is 1.27. The van der Waals surface area contributed by atoms with Crippen molar-refractivity contribution in [1.82, 2.24) is 0 Å². The maximum atomic E-state index is 10.3. The van der Waals surface area contributed by atoms with Crippen molar-refractivity contribution in [3.05, 3.63) is 42.0 Å². The van der Waals surface area contributed by atoms with Gasteiger partial charge in [0.15, 0.2) is 11.1 Å². The normalized spacial score (nSPS) is 13.1. The Labute approximate surface area is 93.3 Å². The lowest BCUT2D eigenvalue weighted by Crippen LogP contribution is -1.93. The van der Waals surface area contributed by atoms with Crippen LogP contribution in [0.1, 0.15) is 24.8 Å². The van der Waals surface area contributed by atoms with E-state index in [9.17, 15) is 4.21 Å². The molecule has 0 aliphatic carbocycles. The average molecular weight is 224 g/mol. The summed E-state index contributed by atoms with van der Waals surface area (Å²) in [6.45, 7) is 0. The van der Waals surface area contributed by atoms with Gasteiger partial charge in [0, 0.05) is 5.75 Å². The Balaban J connectivity index is 2.15. The summed E-state index contributed by atoms with van der Waals surface area (Å²) in [5, 5.41) is 0. The predicted molar refractivity (Wildman–Crippen MR) is 65.0 cm³/mol. The maximum absolute atomic E-state index is 10.3. The summed E-state index contributed by atoms with van der Waals surface area (Å²) in [7, 11) is 0. The van der Waals surface area contributed by atoms with Crippen molar-refractivity contribution < 1.29 is 8.76 Å². The molecule has 15 heavy (non-hydrogen) atoms. The van der Waals surface area contributed by atoms with Crippen molar-refractivity contribution in [3.8, 4) is 0 Å². The van der Waals surface area contributed by atoms with Gasteiger partial charge in [-0.15, -0.1) is 0 Å². The van der Waals surface area contributed by atoms with E-state index in [4.69, 9.17) is 4.55 Å². The van der Waals surface area contributed by atoms with Crippen molar-refractivity contribution in [2.45, 2.75) is 19.3 Å². The van der Waals surface area contributed by atoms with E-state index in [-0.39, 0.29) is 0 Å². The molecule has 0 bridgehead atoms. The van der Waals surface area contributed by atoms with Gasteiger partial charge in [-0.2, -0.15) is 0 Å². The first-order valence-corrected chi connectivity index (χ1v) is 6.35. The molecule has 3 heteroatoms. The third-order valence-electron chi connectivity index (χ3n) is 2.05. The van der Waals surface area contributed by atoms with E-state index in [1.54, 1.807) is 0 Å². The standard InChI is InChI=1S/C12H16O2S/c13-15(14)11-7-2-1-4-8-12-9-5-3-6-10-12/h3-6,8-10H,1-2,7,11H2,(H,13,14). The van der Waals surface area contributed by atoms with Crippen LogP contribution in [-0.2, 0) is 11.1 Å². The number of allylic oxidation sites excluding steroid dienone is 1. The molecule has 0 saturated heterocycles. The van der Waals surface area contributed by atoms with Crippen LogP contribution >= 0.6 is 0 Å². The smallest absolute Gasteiger partial charge is 0.152 e. The molecule has 2 nitrogen and oxygen atoms in total. The molecule has 1 aromatic carbocycles. The fraction of sp³-hybridized carbons (Fsp3) is 0.333. The topological polar surface area (TPSA) is 37.3 Å². The molecule has 0 spiro atoms. The van der Waals surface area contributed by atoms with Gasteiger partial charge in [0.05, 0.1) is 0 Å². The summed E-state index contributed by atoms with van der Waals surface area (Å²) in [4.78, 5) is 0. The SMILES string of the molecule is O=S(O)CCCCC=Cc1ccccc1. The maximum Gasteiger partial charge on any atom is 0.152 e. The second-order valence-electron chi connectivity index (χ2n) is 3.33. The molecule has 0 radical (unpaired) electrons. The molecular formula is C12H16O2S. The summed E-state index contributed by atoms with van der Waals surface area (Å²) < 4.78 is 18.9. The fourth-order valence-corrected chi connectivity index (χ4v) is 1.72. The van der Waals surface area contributed by atoms with Gasteiger partial charge in [0.1, 0.15) is 0 Å². The summed E-state index contributed by atoms with van der Waals surface area (Å²) >= 11 is -1.63. The van der Waals surface area contributed by atoms with E-state index in [0.717, 1.165) is 19.3 Å². The third kappa shape index (κ3) is 6.20. The van der Waals surface area contributed by atoms with Crippen LogP contribution in [0.2, 0.25) is 0 Å². The van der Waals surface area contributed by atoms with E-state index in [1.165, 1.54) is 5.56 Å². The molecule has 0 aromatic heterocycles. The quantitative estimate of drug-likeness (QED) is 0.595. The first-order valence-electron chi connectivity index (χ1n) is 5.08. The molecule has 1 atom stereocenters. The minimum absolute atomic E-state index is 0.388. The van der Waals surface area contributed by atoms with Gasteiger partial charge in [-0.05, 0) is 24.8 Å². The highest BCUT2D eigenvalue weighted by atomic mass is 32.2. The highest BCUT2D eigenvalue weighted by Crippen LogP contribution is 2.04. The third-order valence-corrected chi connectivity index (χ3v) is 2.69. The largest absolute Gasteiger partial charge is 0.306 e. The minimum Gasteiger partial charge on any atom is -0.306 e. The Morgan fingerprint density at radius 2 is 1.93 bits per heavy atom. The average Bonchev–Trinajstić information content (AvgIpc) is 2.24. The number of rotatable bonds is 6. The van der Waals surface area contributed by atoms with Crippen LogP contribution in [0.15, 0.2) is 36.4 Å². The van der Waals surface area contributed by atoms with Crippen LogP contribution in [0.4, 0.5) is 0 Å². The van der Waals surface area contributed by atoms with Gasteiger partial charge < -0.3 is 4.55 Å². The Bertz CT molecular complexity index is 320. The summed E-state index contributed by atoms with van der Waals surface area (Å²) in [6.07, 6.45) is 6.93. The van der Waals surface area contributed by atoms with E-state index in [0.29, 0.717) is 5.75 Å². The second-order valence-corrected chi connectivity index (χ2v) is 4.39. The van der Waals surface area contributed by atoms with Gasteiger partial charge >= 0.3 is 0 Å². The molecule has 0 amide bonds. The first-order chi connectivity index (χ1) is 7.29. The summed E-state index contributed by atoms with van der Waals surface area (Å²) in [6, 6.07) is 10.1. The van der Waals surface area contributed by atoms with E-state index in [1.807, 2.05) is 18.2 Å². The molecule has 1 unspecified atom stereocenters. The van der Waals surface area contributed by atoms with Gasteiger partial charge in [0.25, 0.3) is 0 Å². The summed E-state index contributed by atoms with van der Waals surface area (Å²) in [5.74, 6) is 0.388. The molecule has 0 aliphatic rings. The zero-order chi connectivity index (χ0) is 10.9. The van der Waals surface area contributed by atoms with E-state index in [2.05, 4.69) is 24.3 Å². The van der Waals surface area contributed by atoms with Crippen molar-refractivity contribution in [2.24, 2.45) is 0 Å². The number of hydrogen-bond acceptors (Lipinski definition) is 1. The summed E-state index contributed by atoms with van der Waals surface area (Å²) in [5.41, 5.74) is 1.20. The molecule has 1 N–H and O–H groups in total. The van der Waals surface area contributed by atoms with Crippen LogP contribution in [0.25, 0.3) is 6.08 Å². The molecule has 1 rings (SSSR count). The molecular weight excluding hydrogens is 208 g/mol. The van der Waals surface area contributed by atoms with E-state index >= 15 is 0 Å². The van der Waals surface area contributed by atoms with Crippen molar-refractivity contribution >= 4 is 17.2 Å². The molecule has 0 heterocycles. The lowest BCUT2D eigenvalue weighted by atomic mass is 10.2. The van der Waals surface area contributed by atoms with Gasteiger partial charge in [0.2, 0.25) is 0 Å². The van der Waals surface area contributed by atoms with Gasteiger partial charge in [-0.1, -0.05) is 42.5 Å². The second kappa shape index (κ2) is 7.37. The lowest BCUT2D eigenvalue weighted by molar-refractivity contribution is 0.560. The highest BCUT2D eigenvalue weighted by Gasteiger charge is 1.91. The van der Waals surface area contributed by atoms with Crippen LogP contribution in [0.3, 0.4) is 0 Å². The zero-order valence-corrected chi connectivity index (χ0v) is 9.45. The van der Waals surface area contributed by atoms with Gasteiger partial charge in [-0.3, -0.25) is 0 Å². The number of benzene rings is 1. The van der Waals surface area contributed by atoms with Crippen molar-refractivity contribution in [1.29, 1.82) is 0 Å². The zero-order valence-electron chi connectivity index (χ0n) is 8.63. The lowest BCUT2D eigenvalue weighted by Gasteiger charge is -1.94. The first kappa shape index (κ1) is 12.1. The molecule has 0 aliphatic heterocycles. The Morgan fingerprint density at radius 1 is 1.20 bits per heavy atom. The number of unbranched alkanes of at least 4 members (excludes halogenated alkanes) is 2. The Kier molecular flexibility index (Phi) is 5.97. The minimum atomic E-state index is -1.63. The Morgan fingerprint density at radius 3 is 2.60 bits per heavy atom. The highest BCUT2D eigenvalue weighted by molar-refractivity contribution is 7.79. The predicted octanol–water partition coefficient (Wildman–Crippen LogP) is 3.09. The van der Waals surface area contributed by atoms with E-state index < -0.39 is 11.1 Å². The Hall–Kier alpha value is -0.930. The van der Waals surface area contributed by atoms with Crippen molar-refractivity contribution in [3.63, 3.8) is 0 Å². The molecule has 1 aromatic rings. The van der Waals surface area contributed by atoms with Crippen molar-refractivity contribution in [2.75, 3.05) is 5.75 Å². The number of hydrogen-bond donors (Lipinski definition) is 1.